The summed E-state index contributed by atoms with van der Waals surface area (Å²) >= 11 is 5.95. The maximum Gasteiger partial charge on any atom is 0.230 e. The minimum absolute atomic E-state index is 0.0891. The first kappa shape index (κ1) is 12.9. The van der Waals surface area contributed by atoms with Gasteiger partial charge in [0.05, 0.1) is 28.6 Å². The molecule has 0 bridgehead atoms. The van der Waals surface area contributed by atoms with E-state index in [0.717, 1.165) is 0 Å². The topological polar surface area (TPSA) is 64.3 Å². The van der Waals surface area contributed by atoms with Crippen LogP contribution in [0.15, 0.2) is 18.2 Å². The van der Waals surface area contributed by atoms with E-state index in [9.17, 15) is 9.90 Å². The second kappa shape index (κ2) is 4.27. The summed E-state index contributed by atoms with van der Waals surface area (Å²) in [5, 5.41) is 19.2. The van der Waals surface area contributed by atoms with Gasteiger partial charge in [-0.2, -0.15) is 5.26 Å². The molecule has 1 aliphatic rings. The summed E-state index contributed by atoms with van der Waals surface area (Å²) < 4.78 is 0. The number of amides is 1. The van der Waals surface area contributed by atoms with Gasteiger partial charge >= 0.3 is 0 Å². The number of nitrogens with zero attached hydrogens (tertiary/aromatic N) is 2. The minimum atomic E-state index is -1.04. The molecule has 5 heteroatoms. The van der Waals surface area contributed by atoms with Crippen LogP contribution in [0.4, 0.5) is 5.69 Å². The van der Waals surface area contributed by atoms with E-state index in [1.807, 2.05) is 6.07 Å². The van der Waals surface area contributed by atoms with Crippen LogP contribution in [0.25, 0.3) is 0 Å². The smallest absolute Gasteiger partial charge is 0.230 e. The summed E-state index contributed by atoms with van der Waals surface area (Å²) in [6, 6.07) is 6.46. The first-order valence-electron chi connectivity index (χ1n) is 5.61. The Hall–Kier alpha value is -1.57. The molecule has 0 unspecified atom stereocenters. The third kappa shape index (κ3) is 1.96. The van der Waals surface area contributed by atoms with Crippen molar-refractivity contribution in [3.63, 3.8) is 0 Å². The van der Waals surface area contributed by atoms with Crippen molar-refractivity contribution >= 4 is 23.2 Å². The van der Waals surface area contributed by atoms with Crippen molar-refractivity contribution < 1.29 is 9.90 Å². The Morgan fingerprint density at radius 1 is 1.61 bits per heavy atom. The van der Waals surface area contributed by atoms with E-state index >= 15 is 0 Å². The van der Waals surface area contributed by atoms with E-state index in [4.69, 9.17) is 16.9 Å². The standard InChI is InChI=1S/C13H13ClN2O2/c1-8-13(2,18)6-12(17)16(8)10-4-3-9(7-15)11(14)5-10/h3-5,8,18H,6H2,1-2H3/t8-,13-/m0/s1. The van der Waals surface area contributed by atoms with Gasteiger partial charge in [0.25, 0.3) is 0 Å². The highest BCUT2D eigenvalue weighted by atomic mass is 35.5. The Balaban J connectivity index is 2.42. The summed E-state index contributed by atoms with van der Waals surface area (Å²) in [6.45, 7) is 3.43. The number of aliphatic hydroxyl groups is 1. The van der Waals surface area contributed by atoms with Crippen LogP contribution < -0.4 is 4.90 Å². The van der Waals surface area contributed by atoms with Crippen LogP contribution in [0.3, 0.4) is 0 Å². The van der Waals surface area contributed by atoms with Crippen molar-refractivity contribution in [1.82, 2.24) is 0 Å². The van der Waals surface area contributed by atoms with Crippen LogP contribution in [-0.4, -0.2) is 22.7 Å². The van der Waals surface area contributed by atoms with E-state index in [1.54, 1.807) is 32.0 Å². The molecule has 2 atom stereocenters. The number of hydrogen-bond acceptors (Lipinski definition) is 3. The van der Waals surface area contributed by atoms with Crippen molar-refractivity contribution in [3.05, 3.63) is 28.8 Å². The second-order valence-corrected chi connectivity index (χ2v) is 5.16. The van der Waals surface area contributed by atoms with Gasteiger partial charge in [-0.3, -0.25) is 4.79 Å². The number of benzene rings is 1. The Morgan fingerprint density at radius 2 is 2.28 bits per heavy atom. The molecule has 1 aromatic rings. The fourth-order valence-corrected chi connectivity index (χ4v) is 2.36. The quantitative estimate of drug-likeness (QED) is 0.845. The molecule has 4 nitrogen and oxygen atoms in total. The molecule has 0 aromatic heterocycles. The Bertz CT molecular complexity index is 548. The summed E-state index contributed by atoms with van der Waals surface area (Å²) in [7, 11) is 0. The molecule has 18 heavy (non-hydrogen) atoms. The van der Waals surface area contributed by atoms with E-state index in [0.29, 0.717) is 16.3 Å². The lowest BCUT2D eigenvalue weighted by atomic mass is 9.98. The van der Waals surface area contributed by atoms with E-state index in [2.05, 4.69) is 0 Å². The molecule has 1 aromatic carbocycles. The van der Waals surface area contributed by atoms with Gasteiger partial charge in [-0.05, 0) is 32.0 Å². The maximum atomic E-state index is 11.9. The van der Waals surface area contributed by atoms with Gasteiger partial charge in [0.1, 0.15) is 6.07 Å². The molecule has 1 aliphatic heterocycles. The molecule has 1 heterocycles. The summed E-state index contributed by atoms with van der Waals surface area (Å²) in [5.74, 6) is -0.145. The Kier molecular flexibility index (Phi) is 3.05. The van der Waals surface area contributed by atoms with E-state index < -0.39 is 5.60 Å². The van der Waals surface area contributed by atoms with Gasteiger partial charge in [-0.25, -0.2) is 0 Å². The zero-order chi connectivity index (χ0) is 13.5. The molecule has 1 N–H and O–H groups in total. The highest BCUT2D eigenvalue weighted by Gasteiger charge is 2.45. The van der Waals surface area contributed by atoms with Crippen LogP contribution in [0.2, 0.25) is 5.02 Å². The summed E-state index contributed by atoms with van der Waals surface area (Å²) in [4.78, 5) is 13.4. The number of anilines is 1. The molecule has 0 spiro atoms. The lowest BCUT2D eigenvalue weighted by Crippen LogP contribution is -2.40. The molecular formula is C13H13ClN2O2. The molecule has 94 valence electrons. The van der Waals surface area contributed by atoms with Gasteiger partial charge in [-0.1, -0.05) is 11.6 Å². The third-order valence-electron chi connectivity index (χ3n) is 3.42. The SMILES string of the molecule is C[C@@H]1N(c2ccc(C#N)c(Cl)c2)C(=O)C[C@]1(C)O. The number of carbonyl (C=O) groups excluding carboxylic acids is 1. The highest BCUT2D eigenvalue weighted by Crippen LogP contribution is 2.35. The van der Waals surface area contributed by atoms with Gasteiger partial charge in [0.2, 0.25) is 5.91 Å². The number of nitriles is 1. The van der Waals surface area contributed by atoms with Crippen LogP contribution in [-0.2, 0) is 4.79 Å². The summed E-state index contributed by atoms with van der Waals surface area (Å²) in [5.41, 5.74) is -0.0713. The van der Waals surface area contributed by atoms with Crippen molar-refractivity contribution in [2.75, 3.05) is 4.90 Å². The van der Waals surface area contributed by atoms with Crippen LogP contribution >= 0.6 is 11.6 Å². The first-order valence-corrected chi connectivity index (χ1v) is 5.98. The Morgan fingerprint density at radius 3 is 2.72 bits per heavy atom. The molecule has 1 saturated heterocycles. The van der Waals surface area contributed by atoms with Crippen LogP contribution in [0, 0.1) is 11.3 Å². The fraction of sp³-hybridized carbons (Fsp3) is 0.385. The third-order valence-corrected chi connectivity index (χ3v) is 3.73. The predicted octanol–water partition coefficient (Wildman–Crippen LogP) is 2.09. The van der Waals surface area contributed by atoms with Gasteiger partial charge in [-0.15, -0.1) is 0 Å². The number of rotatable bonds is 1. The van der Waals surface area contributed by atoms with Gasteiger partial charge in [0.15, 0.2) is 0 Å². The number of halogens is 1. The second-order valence-electron chi connectivity index (χ2n) is 4.75. The molecule has 0 radical (unpaired) electrons. The van der Waals surface area contributed by atoms with Crippen molar-refractivity contribution in [2.45, 2.75) is 31.9 Å². The summed E-state index contributed by atoms with van der Waals surface area (Å²) in [6.07, 6.45) is 0.0891. The molecule has 2 rings (SSSR count). The molecule has 0 saturated carbocycles. The largest absolute Gasteiger partial charge is 0.387 e. The maximum absolute atomic E-state index is 11.9. The molecule has 0 aliphatic carbocycles. The fourth-order valence-electron chi connectivity index (χ4n) is 2.15. The zero-order valence-electron chi connectivity index (χ0n) is 10.1. The van der Waals surface area contributed by atoms with Crippen LogP contribution in [0.5, 0.6) is 0 Å². The van der Waals surface area contributed by atoms with Crippen LogP contribution in [0.1, 0.15) is 25.8 Å². The lowest BCUT2D eigenvalue weighted by Gasteiger charge is -2.28. The molecular weight excluding hydrogens is 252 g/mol. The monoisotopic (exact) mass is 264 g/mol. The number of carbonyl (C=O) groups is 1. The average Bonchev–Trinajstić information content (AvgIpc) is 2.48. The van der Waals surface area contributed by atoms with Crippen molar-refractivity contribution in [1.29, 1.82) is 5.26 Å². The Labute approximate surface area is 110 Å². The first-order chi connectivity index (χ1) is 8.36. The average molecular weight is 265 g/mol. The number of hydrogen-bond donors (Lipinski definition) is 1. The lowest BCUT2D eigenvalue weighted by molar-refractivity contribution is -0.118. The highest BCUT2D eigenvalue weighted by molar-refractivity contribution is 6.32. The normalized spacial score (nSPS) is 27.4. The van der Waals surface area contributed by atoms with E-state index in [1.165, 1.54) is 4.90 Å². The van der Waals surface area contributed by atoms with Crippen molar-refractivity contribution in [3.8, 4) is 6.07 Å². The molecule has 1 amide bonds. The van der Waals surface area contributed by atoms with Crippen molar-refractivity contribution in [2.24, 2.45) is 0 Å². The zero-order valence-corrected chi connectivity index (χ0v) is 10.9. The van der Waals surface area contributed by atoms with Gasteiger partial charge < -0.3 is 10.0 Å². The van der Waals surface area contributed by atoms with Gasteiger partial charge in [0, 0.05) is 5.69 Å². The molecule has 1 fully saturated rings. The van der Waals surface area contributed by atoms with E-state index in [-0.39, 0.29) is 18.4 Å². The minimum Gasteiger partial charge on any atom is -0.387 e. The predicted molar refractivity (Wildman–Crippen MR) is 68.4 cm³/mol.